The van der Waals surface area contributed by atoms with Crippen LogP contribution in [0.15, 0.2) is 22.7 Å². The van der Waals surface area contributed by atoms with Crippen LogP contribution in [0.25, 0.3) is 0 Å². The van der Waals surface area contributed by atoms with E-state index in [1.54, 1.807) is 32.9 Å². The Balaban J connectivity index is 2.12. The molecular weight excluding hydrogens is 405 g/mol. The number of halogens is 2. The molecule has 1 aromatic carbocycles. The van der Waals surface area contributed by atoms with Crippen molar-refractivity contribution in [3.05, 3.63) is 34.1 Å². The van der Waals surface area contributed by atoms with Crippen molar-refractivity contribution in [2.45, 2.75) is 58.1 Å². The number of amides is 1. The first kappa shape index (κ1) is 20.7. The van der Waals surface area contributed by atoms with Gasteiger partial charge in [0.15, 0.2) is 0 Å². The highest BCUT2D eigenvalue weighted by molar-refractivity contribution is 9.10. The first-order chi connectivity index (χ1) is 12.0. The lowest BCUT2D eigenvalue weighted by Crippen LogP contribution is -2.40. The van der Waals surface area contributed by atoms with Crippen molar-refractivity contribution in [3.8, 4) is 0 Å². The molecule has 26 heavy (non-hydrogen) atoms. The fourth-order valence-electron chi connectivity index (χ4n) is 3.40. The number of rotatable bonds is 4. The van der Waals surface area contributed by atoms with Gasteiger partial charge in [-0.05, 0) is 80.1 Å². The highest BCUT2D eigenvalue weighted by atomic mass is 79.9. The van der Waals surface area contributed by atoms with Crippen molar-refractivity contribution < 1.29 is 23.5 Å². The van der Waals surface area contributed by atoms with Crippen LogP contribution in [0.3, 0.4) is 0 Å². The number of benzene rings is 1. The monoisotopic (exact) mass is 429 g/mol. The van der Waals surface area contributed by atoms with Crippen LogP contribution in [0.1, 0.15) is 45.6 Å². The predicted octanol–water partition coefficient (Wildman–Crippen LogP) is 4.37. The smallest absolute Gasteiger partial charge is 0.407 e. The summed E-state index contributed by atoms with van der Waals surface area (Å²) in [6.07, 6.45) is 1.61. The Morgan fingerprint density at radius 3 is 2.65 bits per heavy atom. The maximum atomic E-state index is 13.5. The summed E-state index contributed by atoms with van der Waals surface area (Å²) in [5.41, 5.74) is -0.490. The van der Waals surface area contributed by atoms with Crippen molar-refractivity contribution in [1.82, 2.24) is 5.32 Å². The summed E-state index contributed by atoms with van der Waals surface area (Å²) in [6.45, 7) is 5.39. The second-order valence-corrected chi connectivity index (χ2v) is 8.64. The Labute approximate surface area is 161 Å². The molecule has 1 N–H and O–H groups in total. The molecule has 1 saturated carbocycles. The Hall–Kier alpha value is -1.63. The number of methoxy groups -OCH3 is 1. The molecule has 5 nitrogen and oxygen atoms in total. The fraction of sp³-hybridized carbons (Fsp3) is 0.579. The third-order valence-electron chi connectivity index (χ3n) is 4.47. The molecule has 0 aliphatic heterocycles. The van der Waals surface area contributed by atoms with Crippen LogP contribution in [-0.4, -0.2) is 30.8 Å². The van der Waals surface area contributed by atoms with E-state index in [-0.39, 0.29) is 17.8 Å². The maximum absolute atomic E-state index is 13.5. The van der Waals surface area contributed by atoms with Gasteiger partial charge in [-0.3, -0.25) is 4.79 Å². The molecule has 1 aliphatic rings. The maximum Gasteiger partial charge on any atom is 0.407 e. The fourth-order valence-corrected chi connectivity index (χ4v) is 3.82. The Kier molecular flexibility index (Phi) is 6.32. The third-order valence-corrected chi connectivity index (χ3v) is 5.08. The van der Waals surface area contributed by atoms with E-state index in [2.05, 4.69) is 21.2 Å². The quantitative estimate of drug-likeness (QED) is 0.721. The number of nitrogens with one attached hydrogen (secondary N) is 1. The van der Waals surface area contributed by atoms with E-state index in [4.69, 9.17) is 9.47 Å². The van der Waals surface area contributed by atoms with E-state index in [1.165, 1.54) is 13.2 Å². The second kappa shape index (κ2) is 7.94. The number of alkyl carbamates (subject to hydrolysis) is 1. The number of hydrogen-bond donors (Lipinski definition) is 1. The van der Waals surface area contributed by atoms with Gasteiger partial charge in [0.05, 0.1) is 17.0 Å². The SMILES string of the molecule is COC(=O)[C@@]1(Cc2ccc(F)c(Br)c2)CCC(NC(=O)OC(C)(C)C)C1. The van der Waals surface area contributed by atoms with Crippen LogP contribution >= 0.6 is 15.9 Å². The van der Waals surface area contributed by atoms with E-state index < -0.39 is 17.1 Å². The van der Waals surface area contributed by atoms with Crippen LogP contribution in [-0.2, 0) is 20.7 Å². The minimum atomic E-state index is -0.744. The van der Waals surface area contributed by atoms with Crippen molar-refractivity contribution in [3.63, 3.8) is 0 Å². The third kappa shape index (κ3) is 5.19. The van der Waals surface area contributed by atoms with E-state index in [1.807, 2.05) is 0 Å². The van der Waals surface area contributed by atoms with Crippen LogP contribution in [0.2, 0.25) is 0 Å². The molecule has 2 rings (SSSR count). The summed E-state index contributed by atoms with van der Waals surface area (Å²) in [5, 5.41) is 2.84. The zero-order valence-electron chi connectivity index (χ0n) is 15.5. The zero-order chi connectivity index (χ0) is 19.5. The molecule has 7 heteroatoms. The molecule has 1 fully saturated rings. The average Bonchev–Trinajstić information content (AvgIpc) is 2.92. The van der Waals surface area contributed by atoms with Gasteiger partial charge < -0.3 is 14.8 Å². The molecule has 2 atom stereocenters. The molecule has 1 aliphatic carbocycles. The van der Waals surface area contributed by atoms with Gasteiger partial charge in [-0.15, -0.1) is 0 Å². The van der Waals surface area contributed by atoms with E-state index in [9.17, 15) is 14.0 Å². The Morgan fingerprint density at radius 1 is 1.38 bits per heavy atom. The Bertz CT molecular complexity index is 689. The van der Waals surface area contributed by atoms with Crippen molar-refractivity contribution in [1.29, 1.82) is 0 Å². The summed E-state index contributed by atoms with van der Waals surface area (Å²) < 4.78 is 24.1. The molecule has 0 spiro atoms. The van der Waals surface area contributed by atoms with Gasteiger partial charge in [-0.25, -0.2) is 9.18 Å². The highest BCUT2D eigenvalue weighted by Crippen LogP contribution is 2.42. The lowest BCUT2D eigenvalue weighted by Gasteiger charge is -2.27. The second-order valence-electron chi connectivity index (χ2n) is 7.78. The van der Waals surface area contributed by atoms with Gasteiger partial charge in [0.1, 0.15) is 11.4 Å². The summed E-state index contributed by atoms with van der Waals surface area (Å²) in [6, 6.07) is 4.54. The lowest BCUT2D eigenvalue weighted by atomic mass is 9.80. The van der Waals surface area contributed by atoms with Gasteiger partial charge in [-0.2, -0.15) is 0 Å². The number of carbonyl (C=O) groups is 2. The molecule has 0 heterocycles. The van der Waals surface area contributed by atoms with Gasteiger partial charge in [-0.1, -0.05) is 6.07 Å². The molecular formula is C19H25BrFNO4. The summed E-state index contributed by atoms with van der Waals surface area (Å²) in [7, 11) is 1.36. The van der Waals surface area contributed by atoms with Crippen LogP contribution < -0.4 is 5.32 Å². The predicted molar refractivity (Wildman–Crippen MR) is 99.3 cm³/mol. The minimum absolute atomic E-state index is 0.173. The molecule has 0 saturated heterocycles. The van der Waals surface area contributed by atoms with Crippen LogP contribution in [0.5, 0.6) is 0 Å². The van der Waals surface area contributed by atoms with Crippen molar-refractivity contribution in [2.24, 2.45) is 5.41 Å². The van der Waals surface area contributed by atoms with Gasteiger partial charge in [0.25, 0.3) is 0 Å². The number of ether oxygens (including phenoxy) is 2. The number of esters is 1. The molecule has 144 valence electrons. The standard InChI is InChI=1S/C19H25BrFNO4/c1-18(2,3)26-17(24)22-13-7-8-19(11-13,16(23)25-4)10-12-5-6-15(21)14(20)9-12/h5-6,9,13H,7-8,10-11H2,1-4H3,(H,22,24)/t13?,19-/m1/s1. The largest absolute Gasteiger partial charge is 0.469 e. The first-order valence-electron chi connectivity index (χ1n) is 8.56. The zero-order valence-corrected chi connectivity index (χ0v) is 17.1. The van der Waals surface area contributed by atoms with Gasteiger partial charge in [0, 0.05) is 6.04 Å². The summed E-state index contributed by atoms with van der Waals surface area (Å²) >= 11 is 3.17. The first-order valence-corrected chi connectivity index (χ1v) is 9.36. The average molecular weight is 430 g/mol. The Morgan fingerprint density at radius 2 is 2.08 bits per heavy atom. The highest BCUT2D eigenvalue weighted by Gasteiger charge is 2.47. The molecule has 1 unspecified atom stereocenters. The number of hydrogen-bond acceptors (Lipinski definition) is 4. The summed E-state index contributed by atoms with van der Waals surface area (Å²) in [5.74, 6) is -0.664. The summed E-state index contributed by atoms with van der Waals surface area (Å²) in [4.78, 5) is 24.5. The molecule has 0 bridgehead atoms. The minimum Gasteiger partial charge on any atom is -0.469 e. The normalized spacial score (nSPS) is 22.8. The van der Waals surface area contributed by atoms with Crippen LogP contribution in [0, 0.1) is 11.2 Å². The molecule has 0 radical (unpaired) electrons. The van der Waals surface area contributed by atoms with E-state index in [0.29, 0.717) is 30.2 Å². The van der Waals surface area contributed by atoms with Crippen molar-refractivity contribution in [2.75, 3.05) is 7.11 Å². The molecule has 1 amide bonds. The van der Waals surface area contributed by atoms with Crippen molar-refractivity contribution >= 4 is 28.0 Å². The van der Waals surface area contributed by atoms with Gasteiger partial charge in [0.2, 0.25) is 0 Å². The van der Waals surface area contributed by atoms with E-state index in [0.717, 1.165) is 5.56 Å². The van der Waals surface area contributed by atoms with E-state index >= 15 is 0 Å². The topological polar surface area (TPSA) is 64.6 Å². The van der Waals surface area contributed by atoms with Gasteiger partial charge >= 0.3 is 12.1 Å². The van der Waals surface area contributed by atoms with Crippen LogP contribution in [0.4, 0.5) is 9.18 Å². The lowest BCUT2D eigenvalue weighted by molar-refractivity contribution is -0.152. The molecule has 0 aromatic heterocycles. The number of carbonyl (C=O) groups excluding carboxylic acids is 2. The molecule has 1 aromatic rings.